The van der Waals surface area contributed by atoms with Crippen molar-refractivity contribution in [2.45, 2.75) is 33.7 Å². The van der Waals surface area contributed by atoms with Gasteiger partial charge in [0.05, 0.1) is 6.04 Å². The molecule has 0 spiro atoms. The molecule has 1 unspecified atom stereocenters. The van der Waals surface area contributed by atoms with E-state index in [4.69, 9.17) is 5.73 Å². The van der Waals surface area contributed by atoms with E-state index < -0.39 is 0 Å². The molecule has 0 radical (unpaired) electrons. The first-order chi connectivity index (χ1) is 9.51. The number of anilines is 1. The Morgan fingerprint density at radius 3 is 1.95 bits per heavy atom. The highest BCUT2D eigenvalue weighted by Crippen LogP contribution is 2.26. The molecule has 0 saturated carbocycles. The molecular weight excluding hydrogens is 244 g/mol. The van der Waals surface area contributed by atoms with Gasteiger partial charge >= 0.3 is 0 Å². The van der Waals surface area contributed by atoms with Gasteiger partial charge in [0, 0.05) is 12.2 Å². The van der Waals surface area contributed by atoms with E-state index in [0.717, 1.165) is 5.69 Å². The largest absolute Gasteiger partial charge is 0.377 e. The first-order valence-corrected chi connectivity index (χ1v) is 7.12. The van der Waals surface area contributed by atoms with Crippen LogP contribution >= 0.6 is 0 Å². The van der Waals surface area contributed by atoms with Gasteiger partial charge in [0.15, 0.2) is 0 Å². The zero-order chi connectivity index (χ0) is 14.7. The van der Waals surface area contributed by atoms with Crippen LogP contribution in [0.2, 0.25) is 0 Å². The zero-order valence-corrected chi connectivity index (χ0v) is 12.8. The molecule has 0 amide bonds. The minimum atomic E-state index is 0.151. The third-order valence-corrected chi connectivity index (χ3v) is 3.71. The molecular formula is C18H24N2. The van der Waals surface area contributed by atoms with Gasteiger partial charge in [0.1, 0.15) is 0 Å². The Bertz CT molecular complexity index is 562. The smallest absolute Gasteiger partial charge is 0.0641 e. The Labute approximate surface area is 122 Å². The number of aryl methyl sites for hydroxylation is 4. The molecule has 106 valence electrons. The monoisotopic (exact) mass is 268 g/mol. The number of hydrogen-bond donors (Lipinski definition) is 2. The SMILES string of the molecule is Cc1ccc(NC(CN)c2c(C)cc(C)cc2C)cc1. The summed E-state index contributed by atoms with van der Waals surface area (Å²) in [6, 6.07) is 13.0. The van der Waals surface area contributed by atoms with Crippen LogP contribution < -0.4 is 11.1 Å². The summed E-state index contributed by atoms with van der Waals surface area (Å²) < 4.78 is 0. The van der Waals surface area contributed by atoms with Gasteiger partial charge in [-0.1, -0.05) is 35.4 Å². The van der Waals surface area contributed by atoms with E-state index in [2.05, 4.69) is 69.4 Å². The van der Waals surface area contributed by atoms with Crippen molar-refractivity contribution in [3.05, 3.63) is 64.2 Å². The Morgan fingerprint density at radius 2 is 1.45 bits per heavy atom. The molecule has 2 nitrogen and oxygen atoms in total. The second kappa shape index (κ2) is 6.10. The van der Waals surface area contributed by atoms with Gasteiger partial charge in [-0.3, -0.25) is 0 Å². The maximum atomic E-state index is 6.00. The summed E-state index contributed by atoms with van der Waals surface area (Å²) in [7, 11) is 0. The van der Waals surface area contributed by atoms with Crippen LogP contribution in [0.1, 0.15) is 33.9 Å². The van der Waals surface area contributed by atoms with Crippen LogP contribution in [0, 0.1) is 27.7 Å². The summed E-state index contributed by atoms with van der Waals surface area (Å²) in [6.45, 7) is 9.13. The predicted octanol–water partition coefficient (Wildman–Crippen LogP) is 4.03. The van der Waals surface area contributed by atoms with Crippen LogP contribution in [0.4, 0.5) is 5.69 Å². The lowest BCUT2D eigenvalue weighted by Gasteiger charge is -2.23. The molecule has 2 heteroatoms. The second-order valence-electron chi connectivity index (χ2n) is 5.61. The molecule has 2 aromatic rings. The van der Waals surface area contributed by atoms with Crippen LogP contribution in [0.3, 0.4) is 0 Å². The van der Waals surface area contributed by atoms with Crippen LogP contribution in [0.5, 0.6) is 0 Å². The van der Waals surface area contributed by atoms with E-state index in [1.807, 2.05) is 0 Å². The quantitative estimate of drug-likeness (QED) is 0.878. The average Bonchev–Trinajstić information content (AvgIpc) is 2.38. The van der Waals surface area contributed by atoms with Crippen molar-refractivity contribution in [2.75, 3.05) is 11.9 Å². The number of hydrogen-bond acceptors (Lipinski definition) is 2. The molecule has 0 aliphatic carbocycles. The number of benzene rings is 2. The van der Waals surface area contributed by atoms with E-state index in [9.17, 15) is 0 Å². The molecule has 2 aromatic carbocycles. The fraction of sp³-hybridized carbons (Fsp3) is 0.333. The number of nitrogens with one attached hydrogen (secondary N) is 1. The van der Waals surface area contributed by atoms with Crippen LogP contribution in [0.15, 0.2) is 36.4 Å². The molecule has 3 N–H and O–H groups in total. The fourth-order valence-electron chi connectivity index (χ4n) is 2.84. The van der Waals surface area contributed by atoms with E-state index in [1.54, 1.807) is 0 Å². The Hall–Kier alpha value is -1.80. The molecule has 2 rings (SSSR count). The third kappa shape index (κ3) is 3.20. The van der Waals surface area contributed by atoms with Crippen LogP contribution in [-0.4, -0.2) is 6.54 Å². The summed E-state index contributed by atoms with van der Waals surface area (Å²) in [6.07, 6.45) is 0. The summed E-state index contributed by atoms with van der Waals surface area (Å²) in [5.74, 6) is 0. The minimum Gasteiger partial charge on any atom is -0.377 e. The highest BCUT2D eigenvalue weighted by Gasteiger charge is 2.15. The molecule has 0 fully saturated rings. The van der Waals surface area contributed by atoms with Gasteiger partial charge in [-0.25, -0.2) is 0 Å². The lowest BCUT2D eigenvalue weighted by molar-refractivity contribution is 0.776. The minimum absolute atomic E-state index is 0.151. The van der Waals surface area contributed by atoms with Gasteiger partial charge in [-0.2, -0.15) is 0 Å². The highest BCUT2D eigenvalue weighted by atomic mass is 14.9. The van der Waals surface area contributed by atoms with Crippen LogP contribution in [0.25, 0.3) is 0 Å². The maximum Gasteiger partial charge on any atom is 0.0641 e. The zero-order valence-electron chi connectivity index (χ0n) is 12.8. The van der Waals surface area contributed by atoms with Crippen molar-refractivity contribution in [1.29, 1.82) is 0 Å². The summed E-state index contributed by atoms with van der Waals surface area (Å²) in [5, 5.41) is 3.55. The van der Waals surface area contributed by atoms with E-state index in [0.29, 0.717) is 6.54 Å². The fourth-order valence-corrected chi connectivity index (χ4v) is 2.84. The third-order valence-electron chi connectivity index (χ3n) is 3.71. The Morgan fingerprint density at radius 1 is 0.900 bits per heavy atom. The van der Waals surface area contributed by atoms with Gasteiger partial charge in [-0.05, 0) is 56.5 Å². The summed E-state index contributed by atoms with van der Waals surface area (Å²) >= 11 is 0. The number of nitrogens with two attached hydrogens (primary N) is 1. The van der Waals surface area contributed by atoms with E-state index >= 15 is 0 Å². The molecule has 0 aromatic heterocycles. The molecule has 0 aliphatic heterocycles. The van der Waals surface area contributed by atoms with Crippen molar-refractivity contribution >= 4 is 5.69 Å². The van der Waals surface area contributed by atoms with Crippen molar-refractivity contribution in [3.63, 3.8) is 0 Å². The Kier molecular flexibility index (Phi) is 4.46. The van der Waals surface area contributed by atoms with Crippen molar-refractivity contribution in [1.82, 2.24) is 0 Å². The van der Waals surface area contributed by atoms with Gasteiger partial charge < -0.3 is 11.1 Å². The molecule has 0 aliphatic rings. The molecule has 1 atom stereocenters. The average molecular weight is 268 g/mol. The predicted molar refractivity (Wildman–Crippen MR) is 87.3 cm³/mol. The van der Waals surface area contributed by atoms with Gasteiger partial charge in [-0.15, -0.1) is 0 Å². The first kappa shape index (κ1) is 14.6. The van der Waals surface area contributed by atoms with Gasteiger partial charge in [0.2, 0.25) is 0 Å². The topological polar surface area (TPSA) is 38.0 Å². The van der Waals surface area contributed by atoms with Crippen LogP contribution in [-0.2, 0) is 0 Å². The molecule has 20 heavy (non-hydrogen) atoms. The standard InChI is InChI=1S/C18H24N2/c1-12-5-7-16(8-6-12)20-17(11-19)18-14(3)9-13(2)10-15(18)4/h5-10,17,20H,11,19H2,1-4H3. The van der Waals surface area contributed by atoms with Crippen molar-refractivity contribution in [2.24, 2.45) is 5.73 Å². The molecule has 0 saturated heterocycles. The summed E-state index contributed by atoms with van der Waals surface area (Å²) in [4.78, 5) is 0. The summed E-state index contributed by atoms with van der Waals surface area (Å²) in [5.41, 5.74) is 13.6. The highest BCUT2D eigenvalue weighted by molar-refractivity contribution is 5.49. The lowest BCUT2D eigenvalue weighted by Crippen LogP contribution is -2.22. The normalized spacial score (nSPS) is 12.2. The first-order valence-electron chi connectivity index (χ1n) is 7.12. The second-order valence-corrected chi connectivity index (χ2v) is 5.61. The molecule has 0 heterocycles. The molecule has 0 bridgehead atoms. The van der Waals surface area contributed by atoms with E-state index in [1.165, 1.54) is 27.8 Å². The van der Waals surface area contributed by atoms with Crippen molar-refractivity contribution in [3.8, 4) is 0 Å². The van der Waals surface area contributed by atoms with Crippen molar-refractivity contribution < 1.29 is 0 Å². The maximum absolute atomic E-state index is 6.00. The Balaban J connectivity index is 2.31. The number of rotatable bonds is 4. The van der Waals surface area contributed by atoms with E-state index in [-0.39, 0.29) is 6.04 Å². The lowest BCUT2D eigenvalue weighted by atomic mass is 9.94. The van der Waals surface area contributed by atoms with Gasteiger partial charge in [0.25, 0.3) is 0 Å².